The standard InChI is InChI=1S/C9H21N3/c1-10-8-11-6-5-9-4-3-7-12(9)2/h9-11H,3-8H2,1-2H3. The molecule has 1 aliphatic heterocycles. The zero-order valence-electron chi connectivity index (χ0n) is 8.27. The van der Waals surface area contributed by atoms with Gasteiger partial charge in [0.05, 0.1) is 0 Å². The maximum Gasteiger partial charge on any atom is 0.0451 e. The van der Waals surface area contributed by atoms with Gasteiger partial charge in [0.25, 0.3) is 0 Å². The van der Waals surface area contributed by atoms with Crippen LogP contribution in [0.1, 0.15) is 19.3 Å². The predicted molar refractivity (Wildman–Crippen MR) is 52.2 cm³/mol. The van der Waals surface area contributed by atoms with Crippen LogP contribution in [-0.4, -0.2) is 44.8 Å². The van der Waals surface area contributed by atoms with E-state index in [1.807, 2.05) is 7.05 Å². The van der Waals surface area contributed by atoms with Crippen LogP contribution in [0.25, 0.3) is 0 Å². The van der Waals surface area contributed by atoms with Gasteiger partial charge in [-0.15, -0.1) is 0 Å². The van der Waals surface area contributed by atoms with Crippen molar-refractivity contribution in [2.75, 3.05) is 33.9 Å². The topological polar surface area (TPSA) is 27.3 Å². The molecule has 12 heavy (non-hydrogen) atoms. The molecular formula is C9H21N3. The third-order valence-corrected chi connectivity index (χ3v) is 2.63. The van der Waals surface area contributed by atoms with Crippen LogP contribution in [0.15, 0.2) is 0 Å². The van der Waals surface area contributed by atoms with Gasteiger partial charge in [0.1, 0.15) is 0 Å². The van der Waals surface area contributed by atoms with Crippen molar-refractivity contribution in [3.8, 4) is 0 Å². The van der Waals surface area contributed by atoms with Crippen LogP contribution >= 0.6 is 0 Å². The quantitative estimate of drug-likeness (QED) is 0.458. The molecule has 0 radical (unpaired) electrons. The Morgan fingerprint density at radius 2 is 2.33 bits per heavy atom. The summed E-state index contributed by atoms with van der Waals surface area (Å²) >= 11 is 0. The first-order valence-electron chi connectivity index (χ1n) is 4.90. The number of hydrogen-bond acceptors (Lipinski definition) is 3. The Morgan fingerprint density at radius 3 is 2.92 bits per heavy atom. The van der Waals surface area contributed by atoms with Crippen LogP contribution in [0.4, 0.5) is 0 Å². The molecule has 1 fully saturated rings. The van der Waals surface area contributed by atoms with Gasteiger partial charge in [-0.25, -0.2) is 0 Å². The lowest BCUT2D eigenvalue weighted by Gasteiger charge is -2.19. The number of nitrogens with zero attached hydrogens (tertiary/aromatic N) is 1. The molecular weight excluding hydrogens is 150 g/mol. The predicted octanol–water partition coefficient (Wildman–Crippen LogP) is 0.237. The number of hydrogen-bond donors (Lipinski definition) is 2. The van der Waals surface area contributed by atoms with Gasteiger partial charge in [-0.2, -0.15) is 0 Å². The molecule has 1 aliphatic rings. The van der Waals surface area contributed by atoms with E-state index in [0.717, 1.165) is 19.3 Å². The first kappa shape index (κ1) is 9.96. The molecule has 2 N–H and O–H groups in total. The highest BCUT2D eigenvalue weighted by Crippen LogP contribution is 2.16. The van der Waals surface area contributed by atoms with Crippen LogP contribution in [0.2, 0.25) is 0 Å². The first-order chi connectivity index (χ1) is 5.84. The molecule has 72 valence electrons. The molecule has 0 spiro atoms. The maximum absolute atomic E-state index is 3.34. The van der Waals surface area contributed by atoms with Crippen LogP contribution in [-0.2, 0) is 0 Å². The number of rotatable bonds is 5. The third kappa shape index (κ3) is 3.09. The molecule has 0 aromatic carbocycles. The Kier molecular flexibility index (Phi) is 4.58. The molecule has 0 saturated carbocycles. The molecule has 1 atom stereocenters. The smallest absolute Gasteiger partial charge is 0.0451 e. The molecule has 1 saturated heterocycles. The van der Waals surface area contributed by atoms with Gasteiger partial charge in [-0.1, -0.05) is 0 Å². The lowest BCUT2D eigenvalue weighted by Crippen LogP contribution is -2.32. The van der Waals surface area contributed by atoms with Crippen molar-refractivity contribution in [2.45, 2.75) is 25.3 Å². The summed E-state index contributed by atoms with van der Waals surface area (Å²) in [4.78, 5) is 2.47. The Labute approximate surface area is 75.5 Å². The third-order valence-electron chi connectivity index (χ3n) is 2.63. The number of likely N-dealkylation sites (tertiary alicyclic amines) is 1. The largest absolute Gasteiger partial charge is 0.308 e. The molecule has 1 heterocycles. The van der Waals surface area contributed by atoms with E-state index in [-0.39, 0.29) is 0 Å². The van der Waals surface area contributed by atoms with Crippen molar-refractivity contribution < 1.29 is 0 Å². The van der Waals surface area contributed by atoms with E-state index >= 15 is 0 Å². The summed E-state index contributed by atoms with van der Waals surface area (Å²) in [7, 11) is 4.20. The van der Waals surface area contributed by atoms with E-state index in [0.29, 0.717) is 0 Å². The molecule has 1 rings (SSSR count). The Morgan fingerprint density at radius 1 is 1.50 bits per heavy atom. The van der Waals surface area contributed by atoms with E-state index in [1.165, 1.54) is 25.8 Å². The lowest BCUT2D eigenvalue weighted by molar-refractivity contribution is 0.293. The summed E-state index contributed by atoms with van der Waals surface area (Å²) in [5, 5.41) is 6.42. The summed E-state index contributed by atoms with van der Waals surface area (Å²) in [6, 6.07) is 0.828. The highest BCUT2D eigenvalue weighted by Gasteiger charge is 2.19. The van der Waals surface area contributed by atoms with Crippen LogP contribution in [0, 0.1) is 0 Å². The molecule has 1 unspecified atom stereocenters. The second-order valence-corrected chi connectivity index (χ2v) is 3.60. The van der Waals surface area contributed by atoms with Gasteiger partial charge in [0.15, 0.2) is 0 Å². The van der Waals surface area contributed by atoms with E-state index in [4.69, 9.17) is 0 Å². The van der Waals surface area contributed by atoms with Crippen molar-refractivity contribution in [1.29, 1.82) is 0 Å². The summed E-state index contributed by atoms with van der Waals surface area (Å²) < 4.78 is 0. The molecule has 3 heteroatoms. The van der Waals surface area contributed by atoms with Gasteiger partial charge >= 0.3 is 0 Å². The van der Waals surface area contributed by atoms with Crippen LogP contribution < -0.4 is 10.6 Å². The lowest BCUT2D eigenvalue weighted by atomic mass is 10.1. The van der Waals surface area contributed by atoms with Crippen LogP contribution in [0.5, 0.6) is 0 Å². The second kappa shape index (κ2) is 5.51. The zero-order valence-corrected chi connectivity index (χ0v) is 8.27. The zero-order chi connectivity index (χ0) is 8.81. The summed E-state index contributed by atoms with van der Waals surface area (Å²) in [6.07, 6.45) is 4.06. The van der Waals surface area contributed by atoms with E-state index in [9.17, 15) is 0 Å². The summed E-state index contributed by atoms with van der Waals surface area (Å²) in [5.41, 5.74) is 0. The monoisotopic (exact) mass is 171 g/mol. The Bertz CT molecular complexity index is 116. The maximum atomic E-state index is 3.34. The molecule has 0 aromatic rings. The van der Waals surface area contributed by atoms with Gasteiger partial charge in [-0.05, 0) is 46.4 Å². The average Bonchev–Trinajstić information content (AvgIpc) is 2.46. The van der Waals surface area contributed by atoms with Crippen molar-refractivity contribution in [3.63, 3.8) is 0 Å². The highest BCUT2D eigenvalue weighted by atomic mass is 15.1. The van der Waals surface area contributed by atoms with E-state index < -0.39 is 0 Å². The normalized spacial score (nSPS) is 25.0. The minimum Gasteiger partial charge on any atom is -0.308 e. The van der Waals surface area contributed by atoms with Gasteiger partial charge < -0.3 is 15.5 Å². The Hall–Kier alpha value is -0.120. The fraction of sp³-hybridized carbons (Fsp3) is 1.00. The van der Waals surface area contributed by atoms with Crippen molar-refractivity contribution in [3.05, 3.63) is 0 Å². The SMILES string of the molecule is CNCNCCC1CCCN1C. The summed E-state index contributed by atoms with van der Waals surface area (Å²) in [6.45, 7) is 3.35. The average molecular weight is 171 g/mol. The van der Waals surface area contributed by atoms with E-state index in [1.54, 1.807) is 0 Å². The molecule has 0 aliphatic carbocycles. The Balaban J connectivity index is 1.98. The highest BCUT2D eigenvalue weighted by molar-refractivity contribution is 4.76. The molecule has 0 amide bonds. The van der Waals surface area contributed by atoms with Gasteiger partial charge in [0.2, 0.25) is 0 Å². The summed E-state index contributed by atoms with van der Waals surface area (Å²) in [5.74, 6) is 0. The fourth-order valence-electron chi connectivity index (χ4n) is 1.83. The second-order valence-electron chi connectivity index (χ2n) is 3.60. The molecule has 0 aromatic heterocycles. The molecule has 3 nitrogen and oxygen atoms in total. The van der Waals surface area contributed by atoms with Gasteiger partial charge in [0, 0.05) is 12.7 Å². The minimum absolute atomic E-state index is 0.828. The first-order valence-corrected chi connectivity index (χ1v) is 4.90. The van der Waals surface area contributed by atoms with Crippen molar-refractivity contribution in [2.24, 2.45) is 0 Å². The van der Waals surface area contributed by atoms with E-state index in [2.05, 4.69) is 22.6 Å². The fourth-order valence-corrected chi connectivity index (χ4v) is 1.83. The van der Waals surface area contributed by atoms with Crippen LogP contribution in [0.3, 0.4) is 0 Å². The van der Waals surface area contributed by atoms with Crippen molar-refractivity contribution in [1.82, 2.24) is 15.5 Å². The van der Waals surface area contributed by atoms with Crippen molar-refractivity contribution >= 4 is 0 Å². The minimum atomic E-state index is 0.828. The van der Waals surface area contributed by atoms with Gasteiger partial charge in [-0.3, -0.25) is 0 Å². The number of nitrogens with one attached hydrogen (secondary N) is 2. The molecule has 0 bridgehead atoms.